The fourth-order valence-corrected chi connectivity index (χ4v) is 4.84. The van der Waals surface area contributed by atoms with Crippen LogP contribution in [-0.4, -0.2) is 0 Å². The third kappa shape index (κ3) is 1.67. The highest BCUT2D eigenvalue weighted by Gasteiger charge is 2.45. The zero-order valence-corrected chi connectivity index (χ0v) is 10.3. The molecule has 16 heavy (non-hydrogen) atoms. The summed E-state index contributed by atoms with van der Waals surface area (Å²) in [7, 11) is 0. The first-order valence-corrected chi connectivity index (χ1v) is 7.05. The van der Waals surface area contributed by atoms with Crippen LogP contribution in [0.3, 0.4) is 0 Å². The molecule has 0 bridgehead atoms. The first-order chi connectivity index (χ1) is 7.80. The molecule has 3 fully saturated rings. The Balaban J connectivity index is 1.68. The van der Waals surface area contributed by atoms with E-state index in [-0.39, 0.29) is 0 Å². The van der Waals surface area contributed by atoms with Gasteiger partial charge in [0.2, 0.25) is 0 Å². The minimum absolute atomic E-state index is 0.837. The Hall–Kier alpha value is -0.520. The van der Waals surface area contributed by atoms with E-state index in [0.29, 0.717) is 0 Å². The Morgan fingerprint density at radius 2 is 0.875 bits per heavy atom. The van der Waals surface area contributed by atoms with Gasteiger partial charge in [0.25, 0.3) is 0 Å². The van der Waals surface area contributed by atoms with Crippen LogP contribution in [0.15, 0.2) is 25.3 Å². The van der Waals surface area contributed by atoms with Crippen molar-refractivity contribution in [1.29, 1.82) is 0 Å². The SMILES string of the molecule is C=CC1CC2CC3CC(C=C)CC3CC2C1. The van der Waals surface area contributed by atoms with Crippen molar-refractivity contribution in [2.75, 3.05) is 0 Å². The third-order valence-electron chi connectivity index (χ3n) is 5.63. The summed E-state index contributed by atoms with van der Waals surface area (Å²) >= 11 is 0. The molecule has 0 radical (unpaired) electrons. The van der Waals surface area contributed by atoms with Crippen LogP contribution < -0.4 is 0 Å². The molecule has 0 nitrogen and oxygen atoms in total. The maximum Gasteiger partial charge on any atom is -0.0231 e. The van der Waals surface area contributed by atoms with Gasteiger partial charge in [-0.25, -0.2) is 0 Å². The molecule has 0 amide bonds. The van der Waals surface area contributed by atoms with Crippen LogP contribution in [0.5, 0.6) is 0 Å². The molecule has 0 heterocycles. The molecule has 3 rings (SSSR count). The molecule has 0 saturated heterocycles. The Labute approximate surface area is 99.8 Å². The van der Waals surface area contributed by atoms with E-state index in [9.17, 15) is 0 Å². The normalized spacial score (nSPS) is 50.8. The number of rotatable bonds is 2. The lowest BCUT2D eigenvalue weighted by molar-refractivity contribution is 0.157. The monoisotopic (exact) mass is 216 g/mol. The lowest BCUT2D eigenvalue weighted by Gasteiger charge is -2.34. The predicted octanol–water partition coefficient (Wildman–Crippen LogP) is 4.44. The number of allylic oxidation sites excluding steroid dienone is 2. The van der Waals surface area contributed by atoms with E-state index in [2.05, 4.69) is 25.3 Å². The Bertz CT molecular complexity index is 240. The topological polar surface area (TPSA) is 0 Å². The third-order valence-corrected chi connectivity index (χ3v) is 5.63. The van der Waals surface area contributed by atoms with Crippen molar-refractivity contribution in [2.45, 2.75) is 38.5 Å². The molecule has 3 aliphatic carbocycles. The van der Waals surface area contributed by atoms with E-state index in [1.54, 1.807) is 0 Å². The molecule has 88 valence electrons. The summed E-state index contributed by atoms with van der Waals surface area (Å²) in [6.45, 7) is 7.97. The Kier molecular flexibility index (Phi) is 2.69. The summed E-state index contributed by atoms with van der Waals surface area (Å²) < 4.78 is 0. The molecular formula is C16H24. The van der Waals surface area contributed by atoms with Gasteiger partial charge in [-0.2, -0.15) is 0 Å². The van der Waals surface area contributed by atoms with Crippen LogP contribution >= 0.6 is 0 Å². The Morgan fingerprint density at radius 3 is 1.12 bits per heavy atom. The van der Waals surface area contributed by atoms with Crippen LogP contribution in [0.4, 0.5) is 0 Å². The first kappa shape index (κ1) is 10.6. The molecule has 0 heteroatoms. The van der Waals surface area contributed by atoms with E-state index in [1.807, 2.05) is 0 Å². The summed E-state index contributed by atoms with van der Waals surface area (Å²) in [4.78, 5) is 0. The van der Waals surface area contributed by atoms with Gasteiger partial charge in [-0.1, -0.05) is 12.2 Å². The van der Waals surface area contributed by atoms with E-state index < -0.39 is 0 Å². The van der Waals surface area contributed by atoms with Gasteiger partial charge in [0.05, 0.1) is 0 Å². The first-order valence-electron chi connectivity index (χ1n) is 7.05. The van der Waals surface area contributed by atoms with Crippen molar-refractivity contribution in [2.24, 2.45) is 35.5 Å². The van der Waals surface area contributed by atoms with Gasteiger partial charge in [-0.05, 0) is 74.0 Å². The second kappa shape index (κ2) is 4.05. The molecule has 3 saturated carbocycles. The van der Waals surface area contributed by atoms with Crippen molar-refractivity contribution in [3.8, 4) is 0 Å². The maximum absolute atomic E-state index is 3.98. The molecule has 0 aromatic carbocycles. The minimum Gasteiger partial charge on any atom is -0.103 e. The van der Waals surface area contributed by atoms with Gasteiger partial charge in [-0.3, -0.25) is 0 Å². The van der Waals surface area contributed by atoms with Crippen molar-refractivity contribution in [3.05, 3.63) is 25.3 Å². The van der Waals surface area contributed by atoms with Crippen LogP contribution in [0.25, 0.3) is 0 Å². The summed E-state index contributed by atoms with van der Waals surface area (Å²) in [5.41, 5.74) is 0. The number of fused-ring (bicyclic) bond motifs is 2. The number of hydrogen-bond donors (Lipinski definition) is 0. The van der Waals surface area contributed by atoms with E-state index in [0.717, 1.165) is 35.5 Å². The second-order valence-electron chi connectivity index (χ2n) is 6.45. The quantitative estimate of drug-likeness (QED) is 0.599. The summed E-state index contributed by atoms with van der Waals surface area (Å²) in [6, 6.07) is 0. The van der Waals surface area contributed by atoms with Crippen molar-refractivity contribution in [3.63, 3.8) is 0 Å². The highest BCUT2D eigenvalue weighted by atomic mass is 14.5. The second-order valence-corrected chi connectivity index (χ2v) is 6.45. The fraction of sp³-hybridized carbons (Fsp3) is 0.750. The van der Waals surface area contributed by atoms with Crippen LogP contribution in [0.2, 0.25) is 0 Å². The summed E-state index contributed by atoms with van der Waals surface area (Å²) in [6.07, 6.45) is 13.2. The van der Waals surface area contributed by atoms with Crippen LogP contribution in [-0.2, 0) is 0 Å². The van der Waals surface area contributed by atoms with Gasteiger partial charge in [0.1, 0.15) is 0 Å². The molecule has 0 N–H and O–H groups in total. The standard InChI is InChI=1S/C16H24/c1-3-11-5-13-9-15-7-12(4-2)8-16(15)10-14(13)6-11/h3-4,11-16H,1-2,5-10H2. The van der Waals surface area contributed by atoms with E-state index >= 15 is 0 Å². The molecular weight excluding hydrogens is 192 g/mol. The molecule has 0 aromatic heterocycles. The Morgan fingerprint density at radius 1 is 0.562 bits per heavy atom. The molecule has 0 aliphatic heterocycles. The average Bonchev–Trinajstić information content (AvgIpc) is 2.86. The lowest BCUT2D eigenvalue weighted by atomic mass is 9.71. The lowest BCUT2D eigenvalue weighted by Crippen LogP contribution is -2.25. The highest BCUT2D eigenvalue weighted by molar-refractivity contribution is 5.01. The smallest absolute Gasteiger partial charge is 0.0231 e. The van der Waals surface area contributed by atoms with E-state index in [1.165, 1.54) is 38.5 Å². The molecule has 0 atom stereocenters. The zero-order valence-electron chi connectivity index (χ0n) is 10.3. The van der Waals surface area contributed by atoms with Crippen LogP contribution in [0, 0.1) is 35.5 Å². The van der Waals surface area contributed by atoms with Gasteiger partial charge in [-0.15, -0.1) is 13.2 Å². The average molecular weight is 216 g/mol. The van der Waals surface area contributed by atoms with E-state index in [4.69, 9.17) is 0 Å². The van der Waals surface area contributed by atoms with Crippen molar-refractivity contribution in [1.82, 2.24) is 0 Å². The van der Waals surface area contributed by atoms with Crippen molar-refractivity contribution >= 4 is 0 Å². The van der Waals surface area contributed by atoms with Gasteiger partial charge in [0.15, 0.2) is 0 Å². The fourth-order valence-electron chi connectivity index (χ4n) is 4.84. The van der Waals surface area contributed by atoms with Gasteiger partial charge < -0.3 is 0 Å². The minimum atomic E-state index is 0.837. The van der Waals surface area contributed by atoms with Crippen molar-refractivity contribution < 1.29 is 0 Å². The summed E-state index contributed by atoms with van der Waals surface area (Å²) in [5, 5.41) is 0. The number of hydrogen-bond acceptors (Lipinski definition) is 0. The molecule has 0 unspecified atom stereocenters. The molecule has 0 spiro atoms. The molecule has 3 aliphatic rings. The maximum atomic E-state index is 3.98. The van der Waals surface area contributed by atoms with Crippen LogP contribution in [0.1, 0.15) is 38.5 Å². The van der Waals surface area contributed by atoms with Gasteiger partial charge >= 0.3 is 0 Å². The largest absolute Gasteiger partial charge is 0.103 e. The zero-order chi connectivity index (χ0) is 11.1. The molecule has 0 aromatic rings. The highest BCUT2D eigenvalue weighted by Crippen LogP contribution is 2.55. The predicted molar refractivity (Wildman–Crippen MR) is 69.0 cm³/mol. The summed E-state index contributed by atoms with van der Waals surface area (Å²) in [5.74, 6) is 5.81. The van der Waals surface area contributed by atoms with Gasteiger partial charge in [0, 0.05) is 0 Å².